The van der Waals surface area contributed by atoms with Crippen LogP contribution in [-0.2, 0) is 18.9 Å². The van der Waals surface area contributed by atoms with Crippen LogP contribution in [0.4, 0.5) is 0 Å². The Labute approximate surface area is 125 Å². The van der Waals surface area contributed by atoms with Crippen molar-refractivity contribution in [3.8, 4) is 0 Å². The molecule has 21 heavy (non-hydrogen) atoms. The molecule has 2 heterocycles. The fourth-order valence-corrected chi connectivity index (χ4v) is 2.78. The lowest BCUT2D eigenvalue weighted by molar-refractivity contribution is -0.359. The van der Waals surface area contributed by atoms with Crippen molar-refractivity contribution >= 4 is 9.24 Å². The third-order valence-corrected chi connectivity index (χ3v) is 3.86. The van der Waals surface area contributed by atoms with Gasteiger partial charge >= 0.3 is 0 Å². The van der Waals surface area contributed by atoms with E-state index in [0.29, 0.717) is 6.35 Å². The summed E-state index contributed by atoms with van der Waals surface area (Å²) in [5.74, 6) is 0. The fraction of sp³-hybridized carbons (Fsp3) is 0.571. The molecular weight excluding hydrogens is 295 g/mol. The second-order valence-electron chi connectivity index (χ2n) is 5.03. The van der Waals surface area contributed by atoms with Crippen molar-refractivity contribution < 1.29 is 29.2 Å². The molecule has 2 saturated heterocycles. The summed E-state index contributed by atoms with van der Waals surface area (Å²) in [6, 6.07) is 9.46. The van der Waals surface area contributed by atoms with Crippen LogP contribution in [0.25, 0.3) is 0 Å². The zero-order valence-electron chi connectivity index (χ0n) is 11.4. The molecule has 0 radical (unpaired) electrons. The molecular formula is C14H19O6P. The molecule has 0 aliphatic carbocycles. The lowest BCUT2D eigenvalue weighted by Gasteiger charge is -2.46. The normalized spacial score (nSPS) is 39.8. The summed E-state index contributed by atoms with van der Waals surface area (Å²) in [4.78, 5) is 0. The number of fused-ring (bicyclic) bond motifs is 1. The van der Waals surface area contributed by atoms with Gasteiger partial charge in [0.25, 0.3) is 0 Å². The van der Waals surface area contributed by atoms with Gasteiger partial charge in [0.1, 0.15) is 24.4 Å². The first-order valence-electron chi connectivity index (χ1n) is 6.86. The summed E-state index contributed by atoms with van der Waals surface area (Å²) in [5.41, 5.74) is 0.862. The smallest absolute Gasteiger partial charge is 0.187 e. The van der Waals surface area contributed by atoms with Crippen LogP contribution < -0.4 is 0 Å². The lowest BCUT2D eigenvalue weighted by Crippen LogP contribution is -2.62. The van der Waals surface area contributed by atoms with Crippen LogP contribution in [0.3, 0.4) is 0 Å². The first-order chi connectivity index (χ1) is 10.2. The molecule has 2 fully saturated rings. The third-order valence-electron chi connectivity index (χ3n) is 3.67. The monoisotopic (exact) mass is 314 g/mol. The third kappa shape index (κ3) is 3.12. The van der Waals surface area contributed by atoms with E-state index < -0.39 is 37.0 Å². The van der Waals surface area contributed by atoms with Crippen molar-refractivity contribution in [2.24, 2.45) is 0 Å². The minimum atomic E-state index is -1.15. The topological polar surface area (TPSA) is 77.4 Å². The summed E-state index contributed by atoms with van der Waals surface area (Å²) in [6.07, 6.45) is -4.49. The Bertz CT molecular complexity index is 456. The average Bonchev–Trinajstić information content (AvgIpc) is 2.53. The van der Waals surface area contributed by atoms with E-state index in [0.717, 1.165) is 5.56 Å². The van der Waals surface area contributed by atoms with E-state index in [1.807, 2.05) is 30.3 Å². The molecule has 0 saturated carbocycles. The van der Waals surface area contributed by atoms with Crippen molar-refractivity contribution in [2.75, 3.05) is 13.0 Å². The van der Waals surface area contributed by atoms with Gasteiger partial charge in [0.2, 0.25) is 0 Å². The Morgan fingerprint density at radius 3 is 2.62 bits per heavy atom. The van der Waals surface area contributed by atoms with E-state index in [1.54, 1.807) is 0 Å². The highest BCUT2D eigenvalue weighted by Gasteiger charge is 2.49. The summed E-state index contributed by atoms with van der Waals surface area (Å²) < 4.78 is 22.3. The molecule has 116 valence electrons. The molecule has 7 heteroatoms. The molecule has 3 rings (SSSR count). The minimum Gasteiger partial charge on any atom is -0.387 e. The Hall–Kier alpha value is -0.590. The van der Waals surface area contributed by atoms with Crippen molar-refractivity contribution in [1.82, 2.24) is 0 Å². The van der Waals surface area contributed by atoms with Gasteiger partial charge in [-0.3, -0.25) is 0 Å². The summed E-state index contributed by atoms with van der Waals surface area (Å²) in [6.45, 7) is 0.269. The van der Waals surface area contributed by atoms with Gasteiger partial charge < -0.3 is 29.2 Å². The first-order valence-corrected chi connectivity index (χ1v) is 7.67. The molecule has 0 amide bonds. The van der Waals surface area contributed by atoms with Crippen LogP contribution in [0.5, 0.6) is 0 Å². The number of hydrogen-bond donors (Lipinski definition) is 2. The molecule has 1 aromatic carbocycles. The highest BCUT2D eigenvalue weighted by Crippen LogP contribution is 2.34. The maximum atomic E-state index is 10.2. The molecule has 0 spiro atoms. The zero-order valence-corrected chi connectivity index (χ0v) is 12.5. The Kier molecular flexibility index (Phi) is 4.86. The second-order valence-corrected chi connectivity index (χ2v) is 5.37. The predicted octanol–water partition coefficient (Wildman–Crippen LogP) is 0.396. The van der Waals surface area contributed by atoms with Gasteiger partial charge in [0.05, 0.1) is 13.0 Å². The van der Waals surface area contributed by atoms with Crippen LogP contribution in [-0.4, -0.2) is 53.9 Å². The van der Waals surface area contributed by atoms with Crippen LogP contribution in [0.1, 0.15) is 11.9 Å². The lowest BCUT2D eigenvalue weighted by atomic mass is 9.98. The van der Waals surface area contributed by atoms with Crippen LogP contribution in [0.2, 0.25) is 0 Å². The summed E-state index contributed by atoms with van der Waals surface area (Å²) in [5, 5.41) is 20.3. The van der Waals surface area contributed by atoms with Gasteiger partial charge in [0, 0.05) is 5.56 Å². The van der Waals surface area contributed by atoms with E-state index in [1.165, 1.54) is 0 Å². The quantitative estimate of drug-likeness (QED) is 0.786. The van der Waals surface area contributed by atoms with Crippen molar-refractivity contribution in [3.05, 3.63) is 35.9 Å². The second kappa shape index (κ2) is 6.67. The maximum absolute atomic E-state index is 10.2. The number of rotatable bonds is 3. The van der Waals surface area contributed by atoms with E-state index in [-0.39, 0.29) is 6.61 Å². The molecule has 6 nitrogen and oxygen atoms in total. The number of ether oxygens (including phenoxy) is 4. The molecule has 0 bridgehead atoms. The van der Waals surface area contributed by atoms with Gasteiger partial charge in [-0.05, 0) is 0 Å². The molecule has 4 unspecified atom stereocenters. The average molecular weight is 314 g/mol. The minimum absolute atomic E-state index is 0.269. The van der Waals surface area contributed by atoms with Crippen LogP contribution >= 0.6 is 9.24 Å². The molecule has 7 atom stereocenters. The molecule has 2 N–H and O–H groups in total. The maximum Gasteiger partial charge on any atom is 0.187 e. The largest absolute Gasteiger partial charge is 0.387 e. The Morgan fingerprint density at radius 2 is 1.90 bits per heavy atom. The van der Waals surface area contributed by atoms with Crippen LogP contribution in [0.15, 0.2) is 30.3 Å². The van der Waals surface area contributed by atoms with E-state index in [4.69, 9.17) is 18.9 Å². The number of benzene rings is 1. The predicted molar refractivity (Wildman–Crippen MR) is 76.3 cm³/mol. The van der Waals surface area contributed by atoms with Crippen LogP contribution in [0, 0.1) is 0 Å². The molecule has 2 aliphatic rings. The first kappa shape index (κ1) is 15.3. The van der Waals surface area contributed by atoms with Gasteiger partial charge in [-0.1, -0.05) is 30.3 Å². The van der Waals surface area contributed by atoms with Gasteiger partial charge in [0.15, 0.2) is 12.6 Å². The van der Waals surface area contributed by atoms with Crippen molar-refractivity contribution in [3.63, 3.8) is 0 Å². The summed E-state index contributed by atoms with van der Waals surface area (Å²) >= 11 is 0. The molecule has 2 aliphatic heterocycles. The van der Waals surface area contributed by atoms with Crippen molar-refractivity contribution in [1.29, 1.82) is 0 Å². The standard InChI is InChI=1S/C14H19O6P/c15-10-11(16)14(18-7-21)19-9-6-17-13(20-12(9)10)8-4-2-1-3-5-8/h1-5,9-16H,6-7,21H2/t9?,10-,11?,12-,13?,14+/m1/s1. The number of aliphatic hydroxyl groups is 2. The fourth-order valence-electron chi connectivity index (χ4n) is 2.59. The Morgan fingerprint density at radius 1 is 1.14 bits per heavy atom. The highest BCUT2D eigenvalue weighted by atomic mass is 31.0. The molecule has 1 aromatic rings. The van der Waals surface area contributed by atoms with E-state index in [9.17, 15) is 10.2 Å². The number of aliphatic hydroxyl groups excluding tert-OH is 2. The zero-order chi connectivity index (χ0) is 14.8. The van der Waals surface area contributed by atoms with Crippen molar-refractivity contribution in [2.45, 2.75) is 37.0 Å². The summed E-state index contributed by atoms with van der Waals surface area (Å²) in [7, 11) is 2.38. The molecule has 0 aromatic heterocycles. The highest BCUT2D eigenvalue weighted by molar-refractivity contribution is 7.16. The number of hydrogen-bond acceptors (Lipinski definition) is 6. The van der Waals surface area contributed by atoms with Gasteiger partial charge in [-0.15, -0.1) is 9.24 Å². The van der Waals surface area contributed by atoms with Gasteiger partial charge in [-0.2, -0.15) is 0 Å². The SMILES string of the molecule is OC1[C@@H](OCP)OC2COC(c3ccccc3)O[C@H]2[C@@H]1O. The van der Waals surface area contributed by atoms with E-state index in [2.05, 4.69) is 9.24 Å². The van der Waals surface area contributed by atoms with Gasteiger partial charge in [-0.25, -0.2) is 0 Å². The Balaban J connectivity index is 1.71. The van der Waals surface area contributed by atoms with E-state index >= 15 is 0 Å².